The maximum Gasteiger partial charge on any atom is 0.250 e. The van der Waals surface area contributed by atoms with Crippen molar-refractivity contribution in [3.63, 3.8) is 0 Å². The van der Waals surface area contributed by atoms with E-state index in [9.17, 15) is 4.79 Å². The molecule has 5 nitrogen and oxygen atoms in total. The second-order valence-corrected chi connectivity index (χ2v) is 3.75. The fraction of sp³-hybridized carbons (Fsp3) is 0.600. The van der Waals surface area contributed by atoms with Crippen LogP contribution in [-0.2, 0) is 11.2 Å². The van der Waals surface area contributed by atoms with E-state index in [0.717, 1.165) is 38.4 Å². The number of ether oxygens (including phenoxy) is 1. The lowest BCUT2D eigenvalue weighted by molar-refractivity contribution is 0.123. The Kier molecular flexibility index (Phi) is 3.47. The molecule has 15 heavy (non-hydrogen) atoms. The van der Waals surface area contributed by atoms with Crippen LogP contribution < -0.4 is 10.9 Å². The minimum atomic E-state index is -0.0949. The Morgan fingerprint density at radius 3 is 3.40 bits per heavy atom. The van der Waals surface area contributed by atoms with E-state index in [1.54, 1.807) is 6.07 Å². The molecule has 0 radical (unpaired) electrons. The Balaban J connectivity index is 1.98. The van der Waals surface area contributed by atoms with Crippen LogP contribution in [0.5, 0.6) is 0 Å². The lowest BCUT2D eigenvalue weighted by Gasteiger charge is -2.12. The van der Waals surface area contributed by atoms with Gasteiger partial charge in [-0.05, 0) is 6.42 Å². The van der Waals surface area contributed by atoms with Crippen molar-refractivity contribution >= 4 is 0 Å². The number of nitrogens with one attached hydrogen (secondary N) is 2. The topological polar surface area (TPSA) is 67.0 Å². The van der Waals surface area contributed by atoms with Crippen LogP contribution in [0, 0.1) is 5.92 Å². The van der Waals surface area contributed by atoms with Gasteiger partial charge in [0.1, 0.15) is 0 Å². The third kappa shape index (κ3) is 3.14. The highest BCUT2D eigenvalue weighted by atomic mass is 16.5. The van der Waals surface area contributed by atoms with Gasteiger partial charge in [-0.3, -0.25) is 4.79 Å². The average Bonchev–Trinajstić information content (AvgIpc) is 2.46. The molecule has 5 heteroatoms. The lowest BCUT2D eigenvalue weighted by Crippen LogP contribution is -2.25. The summed E-state index contributed by atoms with van der Waals surface area (Å²) in [5.74, 6) is 0.404. The smallest absolute Gasteiger partial charge is 0.250 e. The molecule has 1 aromatic heterocycles. The van der Waals surface area contributed by atoms with E-state index >= 15 is 0 Å². The van der Waals surface area contributed by atoms with Gasteiger partial charge in [0.2, 0.25) is 0 Å². The van der Waals surface area contributed by atoms with Crippen LogP contribution in [0.2, 0.25) is 0 Å². The van der Waals surface area contributed by atoms with Gasteiger partial charge in [0, 0.05) is 30.8 Å². The van der Waals surface area contributed by atoms with Gasteiger partial charge in [-0.25, -0.2) is 4.98 Å². The average molecular weight is 209 g/mol. The molecule has 0 unspecified atom stereocenters. The quantitative estimate of drug-likeness (QED) is 0.692. The van der Waals surface area contributed by atoms with Crippen LogP contribution in [0.4, 0.5) is 0 Å². The summed E-state index contributed by atoms with van der Waals surface area (Å²) in [7, 11) is 0. The van der Waals surface area contributed by atoms with Gasteiger partial charge in [-0.1, -0.05) is 0 Å². The first-order valence-corrected chi connectivity index (χ1v) is 5.16. The summed E-state index contributed by atoms with van der Waals surface area (Å²) in [6.45, 7) is 3.33. The summed E-state index contributed by atoms with van der Waals surface area (Å²) in [6, 6.07) is 1.55. The normalized spacial score (nSPS) is 22.3. The molecule has 0 aromatic carbocycles. The monoisotopic (exact) mass is 209 g/mol. The second kappa shape index (κ2) is 5.04. The third-order valence-electron chi connectivity index (χ3n) is 2.44. The fourth-order valence-corrected chi connectivity index (χ4v) is 1.71. The molecule has 1 saturated heterocycles. The molecule has 82 valence electrons. The van der Waals surface area contributed by atoms with Gasteiger partial charge >= 0.3 is 0 Å². The number of hydrogen-bond acceptors (Lipinski definition) is 4. The maximum absolute atomic E-state index is 11.1. The Morgan fingerprint density at radius 1 is 1.60 bits per heavy atom. The lowest BCUT2D eigenvalue weighted by atomic mass is 10.0. The zero-order valence-electron chi connectivity index (χ0n) is 8.53. The van der Waals surface area contributed by atoms with E-state index in [-0.39, 0.29) is 5.56 Å². The summed E-state index contributed by atoms with van der Waals surface area (Å²) >= 11 is 0. The number of rotatable bonds is 2. The Bertz CT molecular complexity index is 356. The molecule has 2 N–H and O–H groups in total. The van der Waals surface area contributed by atoms with Crippen molar-refractivity contribution in [1.29, 1.82) is 0 Å². The zero-order valence-corrected chi connectivity index (χ0v) is 8.53. The van der Waals surface area contributed by atoms with Crippen LogP contribution in [0.1, 0.15) is 5.69 Å². The molecule has 0 amide bonds. The number of aromatic amines is 1. The summed E-state index contributed by atoms with van der Waals surface area (Å²) in [5, 5.41) is 3.29. The molecule has 2 heterocycles. The minimum absolute atomic E-state index is 0.0949. The molecule has 1 aliphatic rings. The zero-order chi connectivity index (χ0) is 10.5. The van der Waals surface area contributed by atoms with Crippen molar-refractivity contribution in [2.45, 2.75) is 6.42 Å². The molecule has 0 saturated carbocycles. The van der Waals surface area contributed by atoms with Crippen LogP contribution in [0.25, 0.3) is 0 Å². The standard InChI is InChI=1S/C10H15N3O2/c14-10-4-9(12-7-13-10)3-8-5-11-1-2-15-6-8/h4,7-8,11H,1-3,5-6H2,(H,12,13,14)/t8-/m0/s1. The van der Waals surface area contributed by atoms with Crippen molar-refractivity contribution in [1.82, 2.24) is 15.3 Å². The van der Waals surface area contributed by atoms with Gasteiger partial charge < -0.3 is 15.0 Å². The molecule has 0 aliphatic carbocycles. The third-order valence-corrected chi connectivity index (χ3v) is 2.44. The highest BCUT2D eigenvalue weighted by Gasteiger charge is 2.13. The van der Waals surface area contributed by atoms with Gasteiger partial charge in [-0.15, -0.1) is 0 Å². The van der Waals surface area contributed by atoms with Gasteiger partial charge in [0.25, 0.3) is 5.56 Å². The van der Waals surface area contributed by atoms with Crippen LogP contribution >= 0.6 is 0 Å². The van der Waals surface area contributed by atoms with Crippen molar-refractivity contribution in [2.75, 3.05) is 26.3 Å². The highest BCUT2D eigenvalue weighted by molar-refractivity contribution is 5.00. The molecule has 0 bridgehead atoms. The van der Waals surface area contributed by atoms with E-state index in [1.807, 2.05) is 0 Å². The predicted molar refractivity (Wildman–Crippen MR) is 55.7 cm³/mol. The fourth-order valence-electron chi connectivity index (χ4n) is 1.71. The van der Waals surface area contributed by atoms with Gasteiger partial charge in [0.15, 0.2) is 0 Å². The Morgan fingerprint density at radius 2 is 2.53 bits per heavy atom. The molecular formula is C10H15N3O2. The summed E-state index contributed by atoms with van der Waals surface area (Å²) in [4.78, 5) is 17.7. The molecule has 0 spiro atoms. The SMILES string of the molecule is O=c1cc(C[C@H]2CNCCOC2)nc[nH]1. The number of H-pyrrole nitrogens is 1. The highest BCUT2D eigenvalue weighted by Crippen LogP contribution is 2.06. The van der Waals surface area contributed by atoms with Crippen molar-refractivity contribution < 1.29 is 4.74 Å². The number of hydrogen-bond donors (Lipinski definition) is 2. The number of aromatic nitrogens is 2. The van der Waals surface area contributed by atoms with Crippen molar-refractivity contribution in [3.8, 4) is 0 Å². The Labute approximate surface area is 87.9 Å². The molecule has 1 aromatic rings. The largest absolute Gasteiger partial charge is 0.380 e. The molecule has 1 fully saturated rings. The van der Waals surface area contributed by atoms with E-state index in [1.165, 1.54) is 6.33 Å². The predicted octanol–water partition coefficient (Wildman–Crippen LogP) is -0.452. The molecule has 1 atom stereocenters. The van der Waals surface area contributed by atoms with Crippen LogP contribution in [-0.4, -0.2) is 36.3 Å². The molecule has 2 rings (SSSR count). The van der Waals surface area contributed by atoms with Crippen LogP contribution in [0.15, 0.2) is 17.2 Å². The number of nitrogens with zero attached hydrogens (tertiary/aromatic N) is 1. The van der Waals surface area contributed by atoms with Gasteiger partial charge in [-0.2, -0.15) is 0 Å². The van der Waals surface area contributed by atoms with E-state index < -0.39 is 0 Å². The summed E-state index contributed by atoms with van der Waals surface area (Å²) in [6.07, 6.45) is 2.24. The Hall–Kier alpha value is -1.20. The molecule has 1 aliphatic heterocycles. The van der Waals surface area contributed by atoms with Gasteiger partial charge in [0.05, 0.1) is 19.5 Å². The molecular weight excluding hydrogens is 194 g/mol. The van der Waals surface area contributed by atoms with E-state index in [4.69, 9.17) is 4.74 Å². The minimum Gasteiger partial charge on any atom is -0.380 e. The first-order valence-electron chi connectivity index (χ1n) is 5.16. The van der Waals surface area contributed by atoms with Crippen molar-refractivity contribution in [3.05, 3.63) is 28.4 Å². The first kappa shape index (κ1) is 10.3. The second-order valence-electron chi connectivity index (χ2n) is 3.75. The summed E-state index contributed by atoms with van der Waals surface area (Å²) in [5.41, 5.74) is 0.735. The van der Waals surface area contributed by atoms with Crippen LogP contribution in [0.3, 0.4) is 0 Å². The maximum atomic E-state index is 11.1. The van der Waals surface area contributed by atoms with Crippen molar-refractivity contribution in [2.24, 2.45) is 5.92 Å². The first-order chi connectivity index (χ1) is 7.34. The summed E-state index contributed by atoms with van der Waals surface area (Å²) < 4.78 is 5.43. The van der Waals surface area contributed by atoms with E-state index in [0.29, 0.717) is 5.92 Å². The van der Waals surface area contributed by atoms with E-state index in [2.05, 4.69) is 15.3 Å².